The summed E-state index contributed by atoms with van der Waals surface area (Å²) >= 11 is 0. The van der Waals surface area contributed by atoms with Gasteiger partial charge in [0.15, 0.2) is 0 Å². The van der Waals surface area contributed by atoms with Gasteiger partial charge in [-0.1, -0.05) is 45.0 Å². The predicted molar refractivity (Wildman–Crippen MR) is 104 cm³/mol. The van der Waals surface area contributed by atoms with E-state index in [0.717, 1.165) is 12.1 Å². The number of rotatable bonds is 6. The van der Waals surface area contributed by atoms with Crippen molar-refractivity contribution in [2.45, 2.75) is 31.6 Å². The SMILES string of the molecule is CC(C)(C)C(CN(C(=O)O)S(=O)(=O)c1ccccc1F)c1ccc([N+](=O)[O-])cc1. The van der Waals surface area contributed by atoms with Crippen LogP contribution < -0.4 is 0 Å². The van der Waals surface area contributed by atoms with Crippen molar-refractivity contribution in [3.8, 4) is 0 Å². The van der Waals surface area contributed by atoms with Crippen molar-refractivity contribution in [3.05, 3.63) is 70.0 Å². The van der Waals surface area contributed by atoms with Crippen LogP contribution >= 0.6 is 0 Å². The molecule has 1 amide bonds. The van der Waals surface area contributed by atoms with E-state index in [1.54, 1.807) is 20.8 Å². The fourth-order valence-corrected chi connectivity index (χ4v) is 4.28. The molecule has 0 saturated heterocycles. The van der Waals surface area contributed by atoms with E-state index < -0.39 is 49.6 Å². The molecular formula is C19H21FN2O6S. The van der Waals surface area contributed by atoms with Crippen molar-refractivity contribution in [1.29, 1.82) is 0 Å². The van der Waals surface area contributed by atoms with E-state index in [4.69, 9.17) is 0 Å². The predicted octanol–water partition coefficient (Wildman–Crippen LogP) is 4.23. The first-order valence-electron chi connectivity index (χ1n) is 8.60. The first-order valence-corrected chi connectivity index (χ1v) is 10.0. The minimum absolute atomic E-state index is 0.143. The van der Waals surface area contributed by atoms with E-state index in [1.807, 2.05) is 0 Å². The highest BCUT2D eigenvalue weighted by molar-refractivity contribution is 7.89. The molecule has 1 unspecified atom stereocenters. The molecule has 0 aromatic heterocycles. The molecule has 0 saturated carbocycles. The third kappa shape index (κ3) is 4.89. The van der Waals surface area contributed by atoms with Gasteiger partial charge in [-0.25, -0.2) is 17.6 Å². The molecule has 0 heterocycles. The van der Waals surface area contributed by atoms with Gasteiger partial charge in [-0.3, -0.25) is 10.1 Å². The summed E-state index contributed by atoms with van der Waals surface area (Å²) in [7, 11) is -4.67. The molecule has 1 atom stereocenters. The van der Waals surface area contributed by atoms with Crippen LogP contribution in [-0.2, 0) is 10.0 Å². The molecule has 0 spiro atoms. The average molecular weight is 424 g/mol. The fraction of sp³-hybridized carbons (Fsp3) is 0.316. The standard InChI is InChI=1S/C19H21FN2O6S/c1-19(2,3)15(13-8-10-14(11-9-13)22(25)26)12-21(18(23)24)29(27,28)17-7-5-4-6-16(17)20/h4-11,15H,12H2,1-3H3,(H,23,24). The van der Waals surface area contributed by atoms with Crippen molar-refractivity contribution in [2.75, 3.05) is 6.54 Å². The number of halogens is 1. The van der Waals surface area contributed by atoms with E-state index >= 15 is 0 Å². The van der Waals surface area contributed by atoms with Gasteiger partial charge in [-0.2, -0.15) is 4.31 Å². The molecule has 0 bridgehead atoms. The zero-order chi connectivity index (χ0) is 22.0. The number of non-ortho nitro benzene ring substituents is 1. The summed E-state index contributed by atoms with van der Waals surface area (Å²) in [5.41, 5.74) is -0.220. The van der Waals surface area contributed by atoms with Gasteiger partial charge >= 0.3 is 6.09 Å². The summed E-state index contributed by atoms with van der Waals surface area (Å²) < 4.78 is 40.0. The second kappa shape index (κ2) is 8.16. The molecule has 0 aliphatic carbocycles. The third-order valence-corrected chi connectivity index (χ3v) is 6.29. The lowest BCUT2D eigenvalue weighted by molar-refractivity contribution is -0.384. The van der Waals surface area contributed by atoms with Gasteiger partial charge in [-0.05, 0) is 23.1 Å². The minimum atomic E-state index is -4.67. The average Bonchev–Trinajstić information content (AvgIpc) is 2.61. The highest BCUT2D eigenvalue weighted by atomic mass is 32.2. The number of amides is 1. The molecule has 0 aliphatic rings. The lowest BCUT2D eigenvalue weighted by atomic mass is 9.76. The number of sulfonamides is 1. The Kier molecular flexibility index (Phi) is 6.27. The van der Waals surface area contributed by atoms with Crippen LogP contribution in [0.3, 0.4) is 0 Å². The molecule has 8 nitrogen and oxygen atoms in total. The third-order valence-electron chi connectivity index (χ3n) is 4.52. The lowest BCUT2D eigenvalue weighted by Gasteiger charge is -2.34. The molecule has 10 heteroatoms. The smallest absolute Gasteiger partial charge is 0.421 e. The van der Waals surface area contributed by atoms with Crippen LogP contribution in [-0.4, -0.2) is 35.4 Å². The van der Waals surface area contributed by atoms with Crippen molar-refractivity contribution in [3.63, 3.8) is 0 Å². The summed E-state index contributed by atoms with van der Waals surface area (Å²) in [6.07, 6.45) is -1.75. The largest absolute Gasteiger partial charge is 0.464 e. The summed E-state index contributed by atoms with van der Waals surface area (Å²) in [5, 5.41) is 20.4. The zero-order valence-corrected chi connectivity index (χ0v) is 16.9. The highest BCUT2D eigenvalue weighted by Gasteiger charge is 2.37. The van der Waals surface area contributed by atoms with E-state index in [1.165, 1.54) is 36.4 Å². The van der Waals surface area contributed by atoms with E-state index in [2.05, 4.69) is 0 Å². The Balaban J connectivity index is 2.50. The number of nitro groups is 1. The first-order chi connectivity index (χ1) is 13.4. The molecular weight excluding hydrogens is 403 g/mol. The van der Waals surface area contributed by atoms with Crippen molar-refractivity contribution in [1.82, 2.24) is 4.31 Å². The highest BCUT2D eigenvalue weighted by Crippen LogP contribution is 2.37. The fourth-order valence-electron chi connectivity index (χ4n) is 2.93. The van der Waals surface area contributed by atoms with Crippen LogP contribution in [0.25, 0.3) is 0 Å². The van der Waals surface area contributed by atoms with Gasteiger partial charge < -0.3 is 5.11 Å². The molecule has 156 valence electrons. The number of hydrogen-bond acceptors (Lipinski definition) is 5. The second-order valence-corrected chi connectivity index (χ2v) is 9.35. The summed E-state index contributed by atoms with van der Waals surface area (Å²) in [5.74, 6) is -1.69. The Morgan fingerprint density at radius 3 is 2.17 bits per heavy atom. The number of hydrogen-bond donors (Lipinski definition) is 1. The van der Waals surface area contributed by atoms with Gasteiger partial charge in [0.1, 0.15) is 10.7 Å². The van der Waals surface area contributed by atoms with Gasteiger partial charge in [0, 0.05) is 24.6 Å². The number of carboxylic acid groups (broad SMARTS) is 1. The van der Waals surface area contributed by atoms with Crippen LogP contribution in [0.4, 0.5) is 14.9 Å². The van der Waals surface area contributed by atoms with Crippen molar-refractivity contribution < 1.29 is 27.6 Å². The normalized spacial score (nSPS) is 13.0. The Hall–Kier alpha value is -3.01. The van der Waals surface area contributed by atoms with Crippen LogP contribution in [0.1, 0.15) is 32.3 Å². The Labute approximate surface area is 167 Å². The zero-order valence-electron chi connectivity index (χ0n) is 16.1. The maximum atomic E-state index is 14.1. The van der Waals surface area contributed by atoms with Gasteiger partial charge in [-0.15, -0.1) is 0 Å². The number of nitro benzene ring substituents is 1. The van der Waals surface area contributed by atoms with Crippen molar-refractivity contribution >= 4 is 21.8 Å². The van der Waals surface area contributed by atoms with Crippen LogP contribution in [0.2, 0.25) is 0 Å². The van der Waals surface area contributed by atoms with Gasteiger partial charge in [0.05, 0.1) is 4.92 Å². The maximum Gasteiger partial charge on any atom is 0.421 e. The first kappa shape index (κ1) is 22.3. The van der Waals surface area contributed by atoms with Crippen molar-refractivity contribution in [2.24, 2.45) is 5.41 Å². The monoisotopic (exact) mass is 424 g/mol. The maximum absolute atomic E-state index is 14.1. The van der Waals surface area contributed by atoms with Crippen LogP contribution in [0.15, 0.2) is 53.4 Å². The van der Waals surface area contributed by atoms with E-state index in [9.17, 15) is 32.8 Å². The topological polar surface area (TPSA) is 118 Å². The second-order valence-electron chi connectivity index (χ2n) is 7.52. The van der Waals surface area contributed by atoms with Gasteiger partial charge in [0.2, 0.25) is 0 Å². The molecule has 29 heavy (non-hydrogen) atoms. The summed E-state index contributed by atoms with van der Waals surface area (Å²) in [4.78, 5) is 21.4. The molecule has 2 aromatic carbocycles. The minimum Gasteiger partial charge on any atom is -0.464 e. The number of carbonyl (C=O) groups is 1. The number of benzene rings is 2. The van der Waals surface area contributed by atoms with E-state index in [0.29, 0.717) is 5.56 Å². The molecule has 0 fully saturated rings. The quantitative estimate of drug-likeness (QED) is 0.548. The van der Waals surface area contributed by atoms with Crippen LogP contribution in [0, 0.1) is 21.3 Å². The Morgan fingerprint density at radius 1 is 1.17 bits per heavy atom. The molecule has 2 rings (SSSR count). The Morgan fingerprint density at radius 2 is 1.72 bits per heavy atom. The van der Waals surface area contributed by atoms with Gasteiger partial charge in [0.25, 0.3) is 15.7 Å². The molecule has 1 N–H and O–H groups in total. The lowest BCUT2D eigenvalue weighted by Crippen LogP contribution is -2.41. The van der Waals surface area contributed by atoms with Crippen LogP contribution in [0.5, 0.6) is 0 Å². The Bertz CT molecular complexity index is 1020. The molecule has 2 aromatic rings. The summed E-state index contributed by atoms with van der Waals surface area (Å²) in [6.45, 7) is 4.88. The molecule has 0 aliphatic heterocycles. The number of nitrogens with zero attached hydrogens (tertiary/aromatic N) is 2. The summed E-state index contributed by atoms with van der Waals surface area (Å²) in [6, 6.07) is 9.99. The molecule has 0 radical (unpaired) electrons. The van der Waals surface area contributed by atoms with E-state index in [-0.39, 0.29) is 9.99 Å².